The fourth-order valence-corrected chi connectivity index (χ4v) is 0.377. The van der Waals surface area contributed by atoms with Gasteiger partial charge in [0.15, 0.2) is 0 Å². The molecular weight excluding hydrogens is 132 g/mol. The van der Waals surface area contributed by atoms with Crippen LogP contribution in [0.4, 0.5) is 0 Å². The maximum atomic E-state index is 8.63. The molecule has 0 saturated heterocycles. The van der Waals surface area contributed by atoms with Crippen LogP contribution >= 0.6 is 0 Å². The molecule has 0 bridgehead atoms. The maximum Gasteiger partial charge on any atom is 0.112 e. The molecule has 3 nitrogen and oxygen atoms in total. The first-order valence-electron chi connectivity index (χ1n) is 3.12. The van der Waals surface area contributed by atoms with Crippen molar-refractivity contribution in [2.75, 3.05) is 19.8 Å². The van der Waals surface area contributed by atoms with Gasteiger partial charge >= 0.3 is 0 Å². The Kier molecular flexibility index (Phi) is 6.19. The van der Waals surface area contributed by atoms with Crippen LogP contribution in [0.5, 0.6) is 0 Å². The average Bonchev–Trinajstić information content (AvgIpc) is 1.87. The summed E-state index contributed by atoms with van der Waals surface area (Å²) in [4.78, 5) is 0. The van der Waals surface area contributed by atoms with Crippen molar-refractivity contribution >= 4 is 0 Å². The Morgan fingerprint density at radius 1 is 1.60 bits per heavy atom. The van der Waals surface area contributed by atoms with Gasteiger partial charge in [-0.15, -0.1) is 0 Å². The molecule has 0 aromatic rings. The van der Waals surface area contributed by atoms with E-state index in [1.807, 2.05) is 0 Å². The molecule has 58 valence electrons. The number of hydrogen-bond acceptors (Lipinski definition) is 3. The molecule has 2 N–H and O–H groups in total. The highest BCUT2D eigenvalue weighted by Gasteiger charge is 1.82. The first-order valence-corrected chi connectivity index (χ1v) is 3.12. The second kappa shape index (κ2) is 6.56. The molecule has 3 heteroatoms. The predicted molar refractivity (Wildman–Crippen MR) is 37.4 cm³/mol. The van der Waals surface area contributed by atoms with E-state index in [-0.39, 0.29) is 13.2 Å². The molecule has 0 unspecified atom stereocenters. The molecule has 0 rings (SSSR count). The van der Waals surface area contributed by atoms with Crippen molar-refractivity contribution in [1.29, 1.82) is 0 Å². The minimum atomic E-state index is -0.599. The average molecular weight is 144 g/mol. The molecule has 0 fully saturated rings. The van der Waals surface area contributed by atoms with E-state index in [4.69, 9.17) is 14.9 Å². The van der Waals surface area contributed by atoms with E-state index in [1.165, 1.54) is 0 Å². The molecular formula is C7H12O3. The van der Waals surface area contributed by atoms with Crippen LogP contribution in [0, 0.1) is 11.8 Å². The van der Waals surface area contributed by atoms with E-state index >= 15 is 0 Å². The summed E-state index contributed by atoms with van der Waals surface area (Å²) >= 11 is 0. The third-order valence-electron chi connectivity index (χ3n) is 0.721. The molecule has 0 aliphatic carbocycles. The normalized spacial score (nSPS) is 11.9. The molecule has 10 heavy (non-hydrogen) atoms. The largest absolute Gasteiger partial charge is 0.394 e. The van der Waals surface area contributed by atoms with Crippen molar-refractivity contribution in [1.82, 2.24) is 0 Å². The molecule has 1 atom stereocenters. The fourth-order valence-electron chi connectivity index (χ4n) is 0.377. The Balaban J connectivity index is 3.12. The highest BCUT2D eigenvalue weighted by atomic mass is 16.5. The molecule has 0 spiro atoms. The molecule has 0 amide bonds. The number of aliphatic hydroxyl groups excluding tert-OH is 2. The topological polar surface area (TPSA) is 49.7 Å². The Morgan fingerprint density at radius 3 is 2.80 bits per heavy atom. The minimum Gasteiger partial charge on any atom is -0.394 e. The van der Waals surface area contributed by atoms with Crippen LogP contribution in [0.1, 0.15) is 6.92 Å². The molecule has 0 aromatic heterocycles. The Labute approximate surface area is 60.6 Å². The second-order valence-electron chi connectivity index (χ2n) is 1.77. The molecule has 0 aliphatic heterocycles. The first-order chi connectivity index (χ1) is 4.77. The summed E-state index contributed by atoms with van der Waals surface area (Å²) in [5.74, 6) is 5.09. The fraction of sp³-hybridized carbons (Fsp3) is 0.714. The minimum absolute atomic E-state index is 0.0103. The van der Waals surface area contributed by atoms with E-state index in [9.17, 15) is 0 Å². The summed E-state index contributed by atoms with van der Waals surface area (Å²) in [7, 11) is 0. The van der Waals surface area contributed by atoms with Gasteiger partial charge < -0.3 is 14.9 Å². The predicted octanol–water partition coefficient (Wildman–Crippen LogP) is -0.621. The van der Waals surface area contributed by atoms with Gasteiger partial charge in [-0.25, -0.2) is 0 Å². The van der Waals surface area contributed by atoms with Crippen LogP contribution < -0.4 is 0 Å². The van der Waals surface area contributed by atoms with Gasteiger partial charge in [0.05, 0.1) is 13.2 Å². The zero-order valence-corrected chi connectivity index (χ0v) is 6.00. The Morgan fingerprint density at radius 2 is 2.30 bits per heavy atom. The lowest BCUT2D eigenvalue weighted by Crippen LogP contribution is -2.00. The molecule has 0 radical (unpaired) electrons. The zero-order valence-electron chi connectivity index (χ0n) is 6.00. The second-order valence-corrected chi connectivity index (χ2v) is 1.77. The summed E-state index contributed by atoms with van der Waals surface area (Å²) in [6.07, 6.45) is -0.599. The highest BCUT2D eigenvalue weighted by Crippen LogP contribution is 1.74. The molecule has 0 aliphatic rings. The van der Waals surface area contributed by atoms with Crippen LogP contribution in [-0.2, 0) is 4.74 Å². The summed E-state index contributed by atoms with van der Waals surface area (Å²) in [5, 5.41) is 16.9. The number of rotatable bonds is 3. The first kappa shape index (κ1) is 9.44. The van der Waals surface area contributed by atoms with Crippen molar-refractivity contribution in [3.8, 4) is 11.8 Å². The van der Waals surface area contributed by atoms with Crippen molar-refractivity contribution in [2.45, 2.75) is 13.0 Å². The number of aliphatic hydroxyl groups is 2. The van der Waals surface area contributed by atoms with Crippen LogP contribution in [0.15, 0.2) is 0 Å². The third kappa shape index (κ3) is 7.44. The monoisotopic (exact) mass is 144 g/mol. The van der Waals surface area contributed by atoms with Gasteiger partial charge in [0.2, 0.25) is 0 Å². The molecule has 0 heterocycles. The standard InChI is InChI=1S/C7H12O3/c1-7(9)3-2-5-10-6-4-8/h7-9H,4-6H2,1H3/t7-/m1/s1. The summed E-state index contributed by atoms with van der Waals surface area (Å²) in [6, 6.07) is 0. The van der Waals surface area contributed by atoms with Gasteiger partial charge in [0.25, 0.3) is 0 Å². The van der Waals surface area contributed by atoms with Gasteiger partial charge in [0.1, 0.15) is 12.7 Å². The molecule has 0 saturated carbocycles. The number of ether oxygens (including phenoxy) is 1. The maximum absolute atomic E-state index is 8.63. The zero-order chi connectivity index (χ0) is 7.82. The van der Waals surface area contributed by atoms with Crippen LogP contribution in [0.3, 0.4) is 0 Å². The van der Waals surface area contributed by atoms with E-state index in [0.717, 1.165) is 0 Å². The highest BCUT2D eigenvalue weighted by molar-refractivity contribution is 5.03. The Hall–Kier alpha value is -0.560. The van der Waals surface area contributed by atoms with Gasteiger partial charge in [-0.1, -0.05) is 11.8 Å². The van der Waals surface area contributed by atoms with Crippen molar-refractivity contribution in [3.05, 3.63) is 0 Å². The lowest BCUT2D eigenvalue weighted by Gasteiger charge is -1.93. The summed E-state index contributed by atoms with van der Waals surface area (Å²) in [5.41, 5.74) is 0. The smallest absolute Gasteiger partial charge is 0.112 e. The van der Waals surface area contributed by atoms with Crippen molar-refractivity contribution in [3.63, 3.8) is 0 Å². The summed E-state index contributed by atoms with van der Waals surface area (Å²) in [6.45, 7) is 2.16. The van der Waals surface area contributed by atoms with Crippen LogP contribution in [0.2, 0.25) is 0 Å². The van der Waals surface area contributed by atoms with Crippen LogP contribution in [0.25, 0.3) is 0 Å². The van der Waals surface area contributed by atoms with Crippen molar-refractivity contribution in [2.24, 2.45) is 0 Å². The van der Waals surface area contributed by atoms with Crippen molar-refractivity contribution < 1.29 is 14.9 Å². The lowest BCUT2D eigenvalue weighted by molar-refractivity contribution is 0.115. The quantitative estimate of drug-likeness (QED) is 0.410. The number of hydrogen-bond donors (Lipinski definition) is 2. The van der Waals surface area contributed by atoms with Gasteiger partial charge in [-0.2, -0.15) is 0 Å². The summed E-state index contributed by atoms with van der Waals surface area (Å²) < 4.78 is 4.80. The Bertz CT molecular complexity index is 121. The van der Waals surface area contributed by atoms with E-state index in [2.05, 4.69) is 11.8 Å². The van der Waals surface area contributed by atoms with E-state index in [1.54, 1.807) is 6.92 Å². The van der Waals surface area contributed by atoms with Gasteiger partial charge in [-0.3, -0.25) is 0 Å². The lowest BCUT2D eigenvalue weighted by atomic mass is 10.4. The van der Waals surface area contributed by atoms with E-state index < -0.39 is 6.10 Å². The van der Waals surface area contributed by atoms with Gasteiger partial charge in [0, 0.05) is 0 Å². The SMILES string of the molecule is C[C@@H](O)C#CCOCCO. The van der Waals surface area contributed by atoms with E-state index in [0.29, 0.717) is 6.61 Å². The van der Waals surface area contributed by atoms with Gasteiger partial charge in [-0.05, 0) is 6.92 Å². The third-order valence-corrected chi connectivity index (χ3v) is 0.721. The van der Waals surface area contributed by atoms with Crippen LogP contribution in [-0.4, -0.2) is 36.1 Å². The molecule has 0 aromatic carbocycles.